The summed E-state index contributed by atoms with van der Waals surface area (Å²) in [6, 6.07) is 41.8. The summed E-state index contributed by atoms with van der Waals surface area (Å²) in [5.41, 5.74) is 11.6. The standard InChI is InChI=1S/C38H27N3S/c1-38(2)29-13-7-8-14-31(29)40-32-17-16-25(19-30(32)38)41-33-21-36-27(26-12-6-9-15-35(26)42-36)20-28(33)37-34(41)18-24(22-39-37)23-10-4-3-5-11-23/h3-22,40H,1-2H3. The highest BCUT2D eigenvalue weighted by molar-refractivity contribution is 7.25. The summed E-state index contributed by atoms with van der Waals surface area (Å²) in [5.74, 6) is 0. The van der Waals surface area contributed by atoms with Crippen LogP contribution < -0.4 is 5.32 Å². The zero-order valence-electron chi connectivity index (χ0n) is 23.3. The first kappa shape index (κ1) is 23.7. The quantitative estimate of drug-likeness (QED) is 0.229. The van der Waals surface area contributed by atoms with E-state index in [1.165, 1.54) is 59.1 Å². The number of benzene rings is 5. The number of anilines is 2. The molecule has 1 aliphatic rings. The minimum absolute atomic E-state index is 0.141. The molecule has 42 heavy (non-hydrogen) atoms. The van der Waals surface area contributed by atoms with Crippen LogP contribution >= 0.6 is 11.3 Å². The molecule has 0 saturated carbocycles. The Balaban J connectivity index is 1.36. The van der Waals surface area contributed by atoms with Crippen molar-refractivity contribution in [1.29, 1.82) is 0 Å². The predicted molar refractivity (Wildman–Crippen MR) is 179 cm³/mol. The highest BCUT2D eigenvalue weighted by atomic mass is 32.1. The number of para-hydroxylation sites is 1. The second kappa shape index (κ2) is 8.54. The summed E-state index contributed by atoms with van der Waals surface area (Å²) in [6.07, 6.45) is 2.02. The third-order valence-electron chi connectivity index (χ3n) is 9.01. The van der Waals surface area contributed by atoms with Crippen molar-refractivity contribution in [2.75, 3.05) is 5.32 Å². The third-order valence-corrected chi connectivity index (χ3v) is 10.1. The van der Waals surface area contributed by atoms with Crippen LogP contribution in [0.2, 0.25) is 0 Å². The maximum atomic E-state index is 5.12. The first-order chi connectivity index (χ1) is 20.6. The van der Waals surface area contributed by atoms with Crippen LogP contribution in [0, 0.1) is 0 Å². The maximum Gasteiger partial charge on any atom is 0.0964 e. The van der Waals surface area contributed by atoms with Crippen LogP contribution in [0.3, 0.4) is 0 Å². The van der Waals surface area contributed by atoms with E-state index in [1.54, 1.807) is 0 Å². The molecular weight excluding hydrogens is 531 g/mol. The Morgan fingerprint density at radius 1 is 0.619 bits per heavy atom. The molecule has 0 spiro atoms. The maximum absolute atomic E-state index is 5.12. The number of nitrogens with one attached hydrogen (secondary N) is 1. The Hall–Kier alpha value is -4.93. The van der Waals surface area contributed by atoms with Crippen molar-refractivity contribution in [2.24, 2.45) is 0 Å². The minimum Gasteiger partial charge on any atom is -0.355 e. The van der Waals surface area contributed by atoms with Gasteiger partial charge in [-0.1, -0.05) is 80.6 Å². The van der Waals surface area contributed by atoms with E-state index in [4.69, 9.17) is 4.98 Å². The lowest BCUT2D eigenvalue weighted by atomic mass is 9.74. The van der Waals surface area contributed by atoms with E-state index in [2.05, 4.69) is 139 Å². The van der Waals surface area contributed by atoms with E-state index in [0.717, 1.165) is 22.3 Å². The Morgan fingerprint density at radius 2 is 1.40 bits per heavy atom. The second-order valence-corrected chi connectivity index (χ2v) is 12.9. The van der Waals surface area contributed by atoms with E-state index in [0.29, 0.717) is 0 Å². The van der Waals surface area contributed by atoms with Gasteiger partial charge in [0.1, 0.15) is 0 Å². The van der Waals surface area contributed by atoms with Crippen LogP contribution in [-0.4, -0.2) is 9.55 Å². The first-order valence-electron chi connectivity index (χ1n) is 14.4. The van der Waals surface area contributed by atoms with Gasteiger partial charge in [-0.25, -0.2) is 0 Å². The van der Waals surface area contributed by atoms with Crippen LogP contribution in [0.15, 0.2) is 121 Å². The molecule has 0 amide bonds. The van der Waals surface area contributed by atoms with Gasteiger partial charge in [0.05, 0.1) is 16.6 Å². The first-order valence-corrected chi connectivity index (χ1v) is 15.2. The summed E-state index contributed by atoms with van der Waals surface area (Å²) >= 11 is 1.86. The molecule has 1 N–H and O–H groups in total. The molecule has 9 rings (SSSR count). The Morgan fingerprint density at radius 3 is 2.31 bits per heavy atom. The molecular formula is C38H27N3S. The van der Waals surface area contributed by atoms with Crippen molar-refractivity contribution in [3.05, 3.63) is 133 Å². The minimum atomic E-state index is -0.141. The van der Waals surface area contributed by atoms with Gasteiger partial charge >= 0.3 is 0 Å². The molecule has 0 radical (unpaired) electrons. The summed E-state index contributed by atoms with van der Waals surface area (Å²) in [6.45, 7) is 4.66. The van der Waals surface area contributed by atoms with Gasteiger partial charge in [-0.2, -0.15) is 0 Å². The van der Waals surface area contributed by atoms with Crippen LogP contribution in [0.25, 0.3) is 58.9 Å². The highest BCUT2D eigenvalue weighted by Gasteiger charge is 2.33. The summed E-state index contributed by atoms with van der Waals surface area (Å²) in [5, 5.41) is 7.48. The summed E-state index contributed by atoms with van der Waals surface area (Å²) in [7, 11) is 0. The van der Waals surface area contributed by atoms with Gasteiger partial charge in [-0.3, -0.25) is 4.98 Å². The van der Waals surface area contributed by atoms with Gasteiger partial charge in [0.15, 0.2) is 0 Å². The second-order valence-electron chi connectivity index (χ2n) is 11.8. The molecule has 4 heterocycles. The van der Waals surface area contributed by atoms with E-state index >= 15 is 0 Å². The number of thiophene rings is 1. The fourth-order valence-corrected chi connectivity index (χ4v) is 8.01. The summed E-state index contributed by atoms with van der Waals surface area (Å²) < 4.78 is 5.03. The van der Waals surface area contributed by atoms with E-state index < -0.39 is 0 Å². The zero-order valence-corrected chi connectivity index (χ0v) is 24.2. The third kappa shape index (κ3) is 3.30. The zero-order chi connectivity index (χ0) is 28.0. The molecule has 1 aliphatic heterocycles. The van der Waals surface area contributed by atoms with Crippen molar-refractivity contribution in [3.8, 4) is 16.8 Å². The van der Waals surface area contributed by atoms with Crippen LogP contribution in [-0.2, 0) is 5.41 Å². The number of hydrogen-bond donors (Lipinski definition) is 1. The van der Waals surface area contributed by atoms with E-state index in [1.807, 2.05) is 17.5 Å². The average molecular weight is 558 g/mol. The molecule has 0 fully saturated rings. The Labute approximate surface area is 247 Å². The predicted octanol–water partition coefficient (Wildman–Crippen LogP) is 10.6. The van der Waals surface area contributed by atoms with Gasteiger partial charge in [-0.15, -0.1) is 11.3 Å². The molecule has 8 aromatic rings. The molecule has 0 atom stereocenters. The topological polar surface area (TPSA) is 29.9 Å². The largest absolute Gasteiger partial charge is 0.355 e. The van der Waals surface area contributed by atoms with Crippen LogP contribution in [0.4, 0.5) is 11.4 Å². The molecule has 0 bridgehead atoms. The van der Waals surface area contributed by atoms with Crippen molar-refractivity contribution in [3.63, 3.8) is 0 Å². The lowest BCUT2D eigenvalue weighted by Gasteiger charge is -2.36. The lowest BCUT2D eigenvalue weighted by Crippen LogP contribution is -2.26. The molecule has 4 heteroatoms. The van der Waals surface area contributed by atoms with Crippen molar-refractivity contribution in [1.82, 2.24) is 9.55 Å². The number of aromatic nitrogens is 2. The van der Waals surface area contributed by atoms with Gasteiger partial charge in [0.2, 0.25) is 0 Å². The van der Waals surface area contributed by atoms with Gasteiger partial charge in [-0.05, 0) is 65.2 Å². The number of hydrogen-bond acceptors (Lipinski definition) is 3. The monoisotopic (exact) mass is 557 g/mol. The van der Waals surface area contributed by atoms with Crippen molar-refractivity contribution < 1.29 is 0 Å². The van der Waals surface area contributed by atoms with E-state index in [9.17, 15) is 0 Å². The van der Waals surface area contributed by atoms with Crippen molar-refractivity contribution in [2.45, 2.75) is 19.3 Å². The number of rotatable bonds is 2. The van der Waals surface area contributed by atoms with Crippen LogP contribution in [0.5, 0.6) is 0 Å². The van der Waals surface area contributed by atoms with Crippen molar-refractivity contribution >= 4 is 64.8 Å². The number of fused-ring (bicyclic) bond motifs is 8. The fraction of sp³-hybridized carbons (Fsp3) is 0.0789. The highest BCUT2D eigenvalue weighted by Crippen LogP contribution is 2.47. The number of nitrogens with zero attached hydrogens (tertiary/aromatic N) is 2. The number of pyridine rings is 1. The molecule has 5 aromatic carbocycles. The fourth-order valence-electron chi connectivity index (χ4n) is 6.89. The molecule has 0 aliphatic carbocycles. The Bertz CT molecular complexity index is 2360. The summed E-state index contributed by atoms with van der Waals surface area (Å²) in [4.78, 5) is 5.12. The SMILES string of the molecule is CC1(C)c2ccccc2Nc2ccc(-n3c4cc5sc6ccccc6c5cc4c4ncc(-c5ccccc5)cc43)cc21. The average Bonchev–Trinajstić information content (AvgIpc) is 3.54. The van der Waals surface area contributed by atoms with Crippen LogP contribution in [0.1, 0.15) is 25.0 Å². The molecule has 200 valence electrons. The lowest BCUT2D eigenvalue weighted by molar-refractivity contribution is 0.637. The normalized spacial score (nSPS) is 13.9. The molecule has 0 unspecified atom stereocenters. The smallest absolute Gasteiger partial charge is 0.0964 e. The van der Waals surface area contributed by atoms with Gasteiger partial charge < -0.3 is 9.88 Å². The molecule has 0 saturated heterocycles. The Kier molecular flexibility index (Phi) is 4.83. The molecule has 3 nitrogen and oxygen atoms in total. The van der Waals surface area contributed by atoms with Gasteiger partial charge in [0, 0.05) is 59.8 Å². The molecule has 3 aromatic heterocycles. The van der Waals surface area contributed by atoms with Gasteiger partial charge in [0.25, 0.3) is 0 Å². The van der Waals surface area contributed by atoms with E-state index in [-0.39, 0.29) is 5.41 Å².